The van der Waals surface area contributed by atoms with Crippen LogP contribution in [0.2, 0.25) is 0 Å². The van der Waals surface area contributed by atoms with Crippen molar-refractivity contribution in [3.8, 4) is 22.5 Å². The number of benzene rings is 1. The molecule has 0 spiro atoms. The molecule has 4 nitrogen and oxygen atoms in total. The number of nitrogen functional groups attached to an aromatic ring is 1. The number of pyridine rings is 1. The van der Waals surface area contributed by atoms with Gasteiger partial charge in [-0.2, -0.15) is 5.10 Å². The molecule has 0 unspecified atom stereocenters. The largest absolute Gasteiger partial charge is 0.382 e. The van der Waals surface area contributed by atoms with E-state index in [4.69, 9.17) is 5.73 Å². The van der Waals surface area contributed by atoms with E-state index in [0.717, 1.165) is 5.56 Å². The van der Waals surface area contributed by atoms with Crippen molar-refractivity contribution in [2.45, 2.75) is 6.92 Å². The molecular weight excluding hydrogens is 255 g/mol. The number of nitrogens with two attached hydrogens (primary N) is 1. The standard InChI is InChI=1S/C15H13FN4/c1-9-5-6-10(11(16)8-9)14-13(15(17)20-19-14)12-4-2-3-7-18-12/h2-8H,1H3,(H3,17,19,20). The molecule has 0 fully saturated rings. The maximum atomic E-state index is 14.1. The van der Waals surface area contributed by atoms with Gasteiger partial charge in [-0.15, -0.1) is 0 Å². The van der Waals surface area contributed by atoms with E-state index in [9.17, 15) is 4.39 Å². The van der Waals surface area contributed by atoms with E-state index in [1.807, 2.05) is 31.2 Å². The van der Waals surface area contributed by atoms with Gasteiger partial charge in [0.25, 0.3) is 0 Å². The Hall–Kier alpha value is -2.69. The van der Waals surface area contributed by atoms with Gasteiger partial charge in [0.15, 0.2) is 5.82 Å². The summed E-state index contributed by atoms with van der Waals surface area (Å²) < 4.78 is 14.1. The van der Waals surface area contributed by atoms with E-state index in [1.54, 1.807) is 12.3 Å². The highest BCUT2D eigenvalue weighted by Gasteiger charge is 2.18. The Morgan fingerprint density at radius 3 is 2.75 bits per heavy atom. The second-order valence-electron chi connectivity index (χ2n) is 4.56. The minimum Gasteiger partial charge on any atom is -0.382 e. The zero-order chi connectivity index (χ0) is 14.1. The Morgan fingerprint density at radius 1 is 1.20 bits per heavy atom. The van der Waals surface area contributed by atoms with Crippen LogP contribution in [0.5, 0.6) is 0 Å². The van der Waals surface area contributed by atoms with E-state index < -0.39 is 0 Å². The molecule has 0 aliphatic heterocycles. The van der Waals surface area contributed by atoms with Crippen molar-refractivity contribution in [1.29, 1.82) is 0 Å². The van der Waals surface area contributed by atoms with Gasteiger partial charge in [-0.1, -0.05) is 12.1 Å². The second-order valence-corrected chi connectivity index (χ2v) is 4.56. The molecule has 100 valence electrons. The molecule has 20 heavy (non-hydrogen) atoms. The average molecular weight is 268 g/mol. The molecule has 0 bridgehead atoms. The van der Waals surface area contributed by atoms with E-state index in [2.05, 4.69) is 15.2 Å². The Bertz CT molecular complexity index is 750. The van der Waals surface area contributed by atoms with Gasteiger partial charge < -0.3 is 5.73 Å². The summed E-state index contributed by atoms with van der Waals surface area (Å²) in [4.78, 5) is 4.25. The van der Waals surface area contributed by atoms with Gasteiger partial charge in [-0.05, 0) is 36.8 Å². The number of aromatic amines is 1. The quantitative estimate of drug-likeness (QED) is 0.750. The average Bonchev–Trinajstić information content (AvgIpc) is 2.81. The third kappa shape index (κ3) is 2.03. The number of rotatable bonds is 2. The predicted octanol–water partition coefficient (Wildman–Crippen LogP) is 3.17. The Balaban J connectivity index is 2.21. The summed E-state index contributed by atoms with van der Waals surface area (Å²) in [5, 5.41) is 6.77. The van der Waals surface area contributed by atoms with Crippen LogP contribution >= 0.6 is 0 Å². The third-order valence-corrected chi connectivity index (χ3v) is 3.11. The van der Waals surface area contributed by atoms with Crippen LogP contribution in [0.4, 0.5) is 10.2 Å². The highest BCUT2D eigenvalue weighted by molar-refractivity contribution is 5.86. The highest BCUT2D eigenvalue weighted by atomic mass is 19.1. The van der Waals surface area contributed by atoms with Crippen molar-refractivity contribution in [3.63, 3.8) is 0 Å². The molecule has 0 amide bonds. The van der Waals surface area contributed by atoms with E-state index in [1.165, 1.54) is 6.07 Å². The number of hydrogen-bond acceptors (Lipinski definition) is 3. The lowest BCUT2D eigenvalue weighted by atomic mass is 10.0. The number of aryl methyl sites for hydroxylation is 1. The summed E-state index contributed by atoms with van der Waals surface area (Å²) in [6.45, 7) is 1.84. The number of nitrogens with zero attached hydrogens (tertiary/aromatic N) is 2. The lowest BCUT2D eigenvalue weighted by Gasteiger charge is -2.06. The van der Waals surface area contributed by atoms with Crippen LogP contribution in [-0.2, 0) is 0 Å². The topological polar surface area (TPSA) is 67.6 Å². The zero-order valence-electron chi connectivity index (χ0n) is 10.9. The molecule has 0 aliphatic rings. The molecule has 5 heteroatoms. The van der Waals surface area contributed by atoms with Crippen molar-refractivity contribution in [2.75, 3.05) is 5.73 Å². The Kier molecular flexibility index (Phi) is 2.95. The number of hydrogen-bond donors (Lipinski definition) is 2. The van der Waals surface area contributed by atoms with Crippen LogP contribution in [0, 0.1) is 12.7 Å². The fraction of sp³-hybridized carbons (Fsp3) is 0.0667. The minimum atomic E-state index is -0.314. The van der Waals surface area contributed by atoms with Crippen LogP contribution in [0.15, 0.2) is 42.6 Å². The molecule has 0 saturated carbocycles. The fourth-order valence-corrected chi connectivity index (χ4v) is 2.14. The van der Waals surface area contributed by atoms with Crippen LogP contribution in [0.1, 0.15) is 5.56 Å². The van der Waals surface area contributed by atoms with Gasteiger partial charge >= 0.3 is 0 Å². The van der Waals surface area contributed by atoms with Gasteiger partial charge in [0.2, 0.25) is 0 Å². The molecule has 3 rings (SSSR count). The van der Waals surface area contributed by atoms with Crippen LogP contribution in [0.3, 0.4) is 0 Å². The van der Waals surface area contributed by atoms with Crippen LogP contribution < -0.4 is 5.73 Å². The smallest absolute Gasteiger partial charge is 0.155 e. The monoisotopic (exact) mass is 268 g/mol. The summed E-state index contributed by atoms with van der Waals surface area (Å²) >= 11 is 0. The van der Waals surface area contributed by atoms with E-state index in [-0.39, 0.29) is 5.82 Å². The first-order valence-corrected chi connectivity index (χ1v) is 6.18. The lowest BCUT2D eigenvalue weighted by Crippen LogP contribution is -1.92. The fourth-order valence-electron chi connectivity index (χ4n) is 2.14. The maximum Gasteiger partial charge on any atom is 0.155 e. The van der Waals surface area contributed by atoms with Crippen LogP contribution in [0.25, 0.3) is 22.5 Å². The first-order valence-electron chi connectivity index (χ1n) is 6.18. The summed E-state index contributed by atoms with van der Waals surface area (Å²) in [7, 11) is 0. The molecular formula is C15H13FN4. The number of nitrogens with one attached hydrogen (secondary N) is 1. The number of anilines is 1. The van der Waals surface area contributed by atoms with Crippen molar-refractivity contribution in [3.05, 3.63) is 54.0 Å². The third-order valence-electron chi connectivity index (χ3n) is 3.11. The first kappa shape index (κ1) is 12.3. The van der Waals surface area contributed by atoms with Crippen LogP contribution in [-0.4, -0.2) is 15.2 Å². The predicted molar refractivity (Wildman–Crippen MR) is 76.4 cm³/mol. The summed E-state index contributed by atoms with van der Waals surface area (Å²) in [6.07, 6.45) is 1.66. The van der Waals surface area contributed by atoms with Gasteiger partial charge in [-0.3, -0.25) is 10.1 Å². The molecule has 1 aromatic carbocycles. The summed E-state index contributed by atoms with van der Waals surface area (Å²) in [6, 6.07) is 10.5. The second kappa shape index (κ2) is 4.77. The van der Waals surface area contributed by atoms with E-state index in [0.29, 0.717) is 28.3 Å². The van der Waals surface area contributed by atoms with Gasteiger partial charge in [-0.25, -0.2) is 4.39 Å². The molecule has 0 saturated heterocycles. The van der Waals surface area contributed by atoms with Gasteiger partial charge in [0.1, 0.15) is 5.82 Å². The van der Waals surface area contributed by atoms with Crippen molar-refractivity contribution >= 4 is 5.82 Å². The Labute approximate surface area is 115 Å². The summed E-state index contributed by atoms with van der Waals surface area (Å²) in [5.41, 5.74) is 9.00. The molecule has 2 heterocycles. The molecule has 3 aromatic rings. The number of aromatic nitrogens is 3. The molecule has 0 atom stereocenters. The molecule has 0 aliphatic carbocycles. The molecule has 2 aromatic heterocycles. The van der Waals surface area contributed by atoms with Crippen molar-refractivity contribution in [1.82, 2.24) is 15.2 Å². The van der Waals surface area contributed by atoms with Crippen molar-refractivity contribution < 1.29 is 4.39 Å². The van der Waals surface area contributed by atoms with Crippen molar-refractivity contribution in [2.24, 2.45) is 0 Å². The zero-order valence-corrected chi connectivity index (χ0v) is 10.9. The molecule has 0 radical (unpaired) electrons. The van der Waals surface area contributed by atoms with Gasteiger partial charge in [0, 0.05) is 11.8 Å². The van der Waals surface area contributed by atoms with Gasteiger partial charge in [0.05, 0.1) is 17.0 Å². The normalized spacial score (nSPS) is 10.7. The summed E-state index contributed by atoms with van der Waals surface area (Å²) in [5.74, 6) is -0.00972. The number of H-pyrrole nitrogens is 1. The van der Waals surface area contributed by atoms with E-state index >= 15 is 0 Å². The lowest BCUT2D eigenvalue weighted by molar-refractivity contribution is 0.629. The SMILES string of the molecule is Cc1ccc(-c2[nH]nc(N)c2-c2ccccn2)c(F)c1. The Morgan fingerprint density at radius 2 is 2.05 bits per heavy atom. The highest BCUT2D eigenvalue weighted by Crippen LogP contribution is 2.34. The minimum absolute atomic E-state index is 0.304. The first-order chi connectivity index (χ1) is 9.66. The maximum absolute atomic E-state index is 14.1. The number of halogens is 1. The molecule has 3 N–H and O–H groups in total.